The van der Waals surface area contributed by atoms with Gasteiger partial charge in [0, 0.05) is 37.3 Å². The predicted molar refractivity (Wildman–Crippen MR) is 49.9 cm³/mol. The van der Waals surface area contributed by atoms with E-state index < -0.39 is 17.5 Å². The molecule has 0 spiro atoms. The minimum absolute atomic E-state index is 0.168. The van der Waals surface area contributed by atoms with Crippen LogP contribution >= 0.6 is 0 Å². The van der Waals surface area contributed by atoms with Gasteiger partial charge in [0.15, 0.2) is 11.6 Å². The standard InChI is InChI=1S/C10H11F3N2/c11-7-4-9(13)8(12)3-6(7)10-5-14-1-2-15-10/h3-4,10,14-15H,1-2,5H2/t10-/m0/s1. The Kier molecular flexibility index (Phi) is 2.93. The van der Waals surface area contributed by atoms with Crippen LogP contribution in [0.2, 0.25) is 0 Å². The van der Waals surface area contributed by atoms with E-state index in [-0.39, 0.29) is 11.6 Å². The van der Waals surface area contributed by atoms with Crippen LogP contribution in [-0.2, 0) is 0 Å². The highest BCUT2D eigenvalue weighted by atomic mass is 19.2. The number of hydrogen-bond acceptors (Lipinski definition) is 2. The fraction of sp³-hybridized carbons (Fsp3) is 0.400. The molecule has 1 aromatic rings. The Morgan fingerprint density at radius 1 is 1.00 bits per heavy atom. The van der Waals surface area contributed by atoms with Crippen molar-refractivity contribution in [3.05, 3.63) is 35.1 Å². The molecule has 82 valence electrons. The summed E-state index contributed by atoms with van der Waals surface area (Å²) in [7, 11) is 0. The molecule has 0 unspecified atom stereocenters. The monoisotopic (exact) mass is 216 g/mol. The van der Waals surface area contributed by atoms with Crippen molar-refractivity contribution < 1.29 is 13.2 Å². The van der Waals surface area contributed by atoms with E-state index in [4.69, 9.17) is 0 Å². The van der Waals surface area contributed by atoms with E-state index in [1.165, 1.54) is 0 Å². The summed E-state index contributed by atoms with van der Waals surface area (Å²) in [5, 5.41) is 6.08. The van der Waals surface area contributed by atoms with E-state index in [9.17, 15) is 13.2 Å². The van der Waals surface area contributed by atoms with Crippen molar-refractivity contribution in [3.8, 4) is 0 Å². The maximum atomic E-state index is 13.3. The van der Waals surface area contributed by atoms with Gasteiger partial charge in [-0.3, -0.25) is 0 Å². The van der Waals surface area contributed by atoms with Crippen LogP contribution in [-0.4, -0.2) is 19.6 Å². The van der Waals surface area contributed by atoms with Gasteiger partial charge >= 0.3 is 0 Å². The van der Waals surface area contributed by atoms with Crippen LogP contribution in [0.1, 0.15) is 11.6 Å². The van der Waals surface area contributed by atoms with Crippen LogP contribution in [0.25, 0.3) is 0 Å². The third-order valence-corrected chi connectivity index (χ3v) is 2.46. The Balaban J connectivity index is 2.30. The third kappa shape index (κ3) is 2.13. The van der Waals surface area contributed by atoms with Gasteiger partial charge in [-0.2, -0.15) is 0 Å². The fourth-order valence-electron chi connectivity index (χ4n) is 1.68. The van der Waals surface area contributed by atoms with Crippen molar-refractivity contribution in [3.63, 3.8) is 0 Å². The van der Waals surface area contributed by atoms with Gasteiger partial charge in [-0.15, -0.1) is 0 Å². The first kappa shape index (κ1) is 10.4. The molecule has 0 aliphatic carbocycles. The summed E-state index contributed by atoms with van der Waals surface area (Å²) >= 11 is 0. The van der Waals surface area contributed by atoms with Crippen LogP contribution in [0.3, 0.4) is 0 Å². The van der Waals surface area contributed by atoms with Crippen molar-refractivity contribution in [1.29, 1.82) is 0 Å². The summed E-state index contributed by atoms with van der Waals surface area (Å²) in [4.78, 5) is 0. The molecule has 1 aromatic carbocycles. The minimum Gasteiger partial charge on any atom is -0.314 e. The average Bonchev–Trinajstić information content (AvgIpc) is 2.25. The second-order valence-electron chi connectivity index (χ2n) is 3.50. The van der Waals surface area contributed by atoms with Crippen LogP contribution < -0.4 is 10.6 Å². The molecular weight excluding hydrogens is 205 g/mol. The molecule has 0 bridgehead atoms. The predicted octanol–water partition coefficient (Wildman–Crippen LogP) is 1.34. The van der Waals surface area contributed by atoms with Crippen molar-refractivity contribution >= 4 is 0 Å². The van der Waals surface area contributed by atoms with E-state index in [1.807, 2.05) is 0 Å². The van der Waals surface area contributed by atoms with Crippen molar-refractivity contribution in [2.75, 3.05) is 19.6 Å². The highest BCUT2D eigenvalue weighted by Crippen LogP contribution is 2.20. The zero-order valence-electron chi connectivity index (χ0n) is 7.99. The van der Waals surface area contributed by atoms with Crippen LogP contribution in [0.15, 0.2) is 12.1 Å². The fourth-order valence-corrected chi connectivity index (χ4v) is 1.68. The highest BCUT2D eigenvalue weighted by molar-refractivity contribution is 5.24. The molecule has 0 saturated carbocycles. The molecule has 5 heteroatoms. The molecule has 0 amide bonds. The summed E-state index contributed by atoms with van der Waals surface area (Å²) in [6.45, 7) is 1.99. The number of piperazine rings is 1. The van der Waals surface area contributed by atoms with Crippen molar-refractivity contribution in [1.82, 2.24) is 10.6 Å². The van der Waals surface area contributed by atoms with Crippen LogP contribution in [0, 0.1) is 17.5 Å². The Bertz CT molecular complexity index is 362. The summed E-state index contributed by atoms with van der Waals surface area (Å²) in [5.41, 5.74) is 0.168. The van der Waals surface area contributed by atoms with E-state index in [0.717, 1.165) is 12.6 Å². The summed E-state index contributed by atoms with van der Waals surface area (Å²) in [6, 6.07) is 1.20. The first-order valence-corrected chi connectivity index (χ1v) is 4.77. The number of rotatable bonds is 1. The van der Waals surface area contributed by atoms with E-state index in [2.05, 4.69) is 10.6 Å². The van der Waals surface area contributed by atoms with Gasteiger partial charge in [-0.05, 0) is 6.07 Å². The third-order valence-electron chi connectivity index (χ3n) is 2.46. The molecule has 1 fully saturated rings. The summed E-state index contributed by atoms with van der Waals surface area (Å²) in [5.74, 6) is -2.88. The molecule has 2 nitrogen and oxygen atoms in total. The van der Waals surface area contributed by atoms with Gasteiger partial charge in [0.1, 0.15) is 5.82 Å². The zero-order valence-corrected chi connectivity index (χ0v) is 7.99. The lowest BCUT2D eigenvalue weighted by Gasteiger charge is -2.25. The summed E-state index contributed by atoms with van der Waals surface area (Å²) < 4.78 is 38.9. The minimum atomic E-state index is -1.15. The maximum Gasteiger partial charge on any atom is 0.161 e. The second kappa shape index (κ2) is 4.20. The lowest BCUT2D eigenvalue weighted by molar-refractivity contribution is 0.409. The van der Waals surface area contributed by atoms with Crippen LogP contribution in [0.4, 0.5) is 13.2 Å². The molecule has 1 aliphatic rings. The molecule has 1 aliphatic heterocycles. The zero-order chi connectivity index (χ0) is 10.8. The number of benzene rings is 1. The molecular formula is C10H11F3N2. The van der Waals surface area contributed by atoms with Crippen molar-refractivity contribution in [2.45, 2.75) is 6.04 Å². The second-order valence-corrected chi connectivity index (χ2v) is 3.50. The molecule has 15 heavy (non-hydrogen) atoms. The Hall–Kier alpha value is -1.07. The Morgan fingerprint density at radius 3 is 2.40 bits per heavy atom. The SMILES string of the molecule is Fc1cc(F)c([C@@H]2CNCCN2)cc1F. The molecule has 0 aromatic heterocycles. The smallest absolute Gasteiger partial charge is 0.161 e. The highest BCUT2D eigenvalue weighted by Gasteiger charge is 2.20. The van der Waals surface area contributed by atoms with Gasteiger partial charge in [0.2, 0.25) is 0 Å². The first-order valence-electron chi connectivity index (χ1n) is 4.77. The number of nitrogens with one attached hydrogen (secondary N) is 2. The van der Waals surface area contributed by atoms with Gasteiger partial charge in [0.25, 0.3) is 0 Å². The molecule has 0 radical (unpaired) electrons. The van der Waals surface area contributed by atoms with E-state index in [0.29, 0.717) is 19.2 Å². The molecule has 1 atom stereocenters. The summed E-state index contributed by atoms with van der Waals surface area (Å²) in [6.07, 6.45) is 0. The van der Waals surface area contributed by atoms with Crippen molar-refractivity contribution in [2.24, 2.45) is 0 Å². The normalized spacial score (nSPS) is 21.7. The largest absolute Gasteiger partial charge is 0.314 e. The first-order chi connectivity index (χ1) is 7.18. The van der Waals surface area contributed by atoms with E-state index >= 15 is 0 Å². The lowest BCUT2D eigenvalue weighted by Crippen LogP contribution is -2.43. The van der Waals surface area contributed by atoms with Crippen LogP contribution in [0.5, 0.6) is 0 Å². The average molecular weight is 216 g/mol. The molecule has 2 N–H and O–H groups in total. The van der Waals surface area contributed by atoms with Gasteiger partial charge < -0.3 is 10.6 Å². The van der Waals surface area contributed by atoms with E-state index in [1.54, 1.807) is 0 Å². The molecule has 1 saturated heterocycles. The van der Waals surface area contributed by atoms with Gasteiger partial charge in [-0.1, -0.05) is 0 Å². The molecule has 2 rings (SSSR count). The Labute approximate surface area is 85.5 Å². The van der Waals surface area contributed by atoms with Gasteiger partial charge in [-0.25, -0.2) is 13.2 Å². The quantitative estimate of drug-likeness (QED) is 0.692. The Morgan fingerprint density at radius 2 is 1.73 bits per heavy atom. The maximum absolute atomic E-state index is 13.3. The molecule has 1 heterocycles. The lowest BCUT2D eigenvalue weighted by atomic mass is 10.0. The topological polar surface area (TPSA) is 24.1 Å². The number of hydrogen-bond donors (Lipinski definition) is 2. The number of halogens is 3. The van der Waals surface area contributed by atoms with Gasteiger partial charge in [0.05, 0.1) is 0 Å².